The van der Waals surface area contributed by atoms with Crippen molar-refractivity contribution >= 4 is 28.6 Å². The highest BCUT2D eigenvalue weighted by Crippen LogP contribution is 2.30. The maximum atomic E-state index is 12.6. The molecule has 7 nitrogen and oxygen atoms in total. The molecule has 0 aliphatic heterocycles. The van der Waals surface area contributed by atoms with Gasteiger partial charge >= 0.3 is 12.0 Å². The van der Waals surface area contributed by atoms with Gasteiger partial charge in [-0.1, -0.05) is 0 Å². The van der Waals surface area contributed by atoms with E-state index in [1.165, 1.54) is 13.0 Å². The number of carboxylic acids is 1. The molecule has 0 fully saturated rings. The molecule has 0 bridgehead atoms. The van der Waals surface area contributed by atoms with Crippen LogP contribution < -0.4 is 0 Å². The molecule has 0 unspecified atom stereocenters. The lowest BCUT2D eigenvalue weighted by atomic mass is 10.0. The first kappa shape index (κ1) is 13.5. The summed E-state index contributed by atoms with van der Waals surface area (Å²) >= 11 is 0. The first-order valence-electron chi connectivity index (χ1n) is 5.34. The average Bonchev–Trinajstić information content (AvgIpc) is 2.37. The van der Waals surface area contributed by atoms with E-state index < -0.39 is 33.9 Å². The van der Waals surface area contributed by atoms with Crippen molar-refractivity contribution in [1.29, 1.82) is 0 Å². The zero-order chi connectivity index (χ0) is 15.0. The SMILES string of the molecule is Cc1c([N+](=O)[O-])c(C(=O)O)cc2nc(C(=O)F)ccc12. The monoisotopic (exact) mass is 278 g/mol. The number of nitro benzene ring substituents is 1. The van der Waals surface area contributed by atoms with Gasteiger partial charge in [-0.3, -0.25) is 14.9 Å². The molecule has 0 radical (unpaired) electrons. The minimum Gasteiger partial charge on any atom is -0.477 e. The number of rotatable bonds is 3. The van der Waals surface area contributed by atoms with Crippen LogP contribution in [0.4, 0.5) is 10.1 Å². The van der Waals surface area contributed by atoms with E-state index in [-0.39, 0.29) is 16.5 Å². The molecule has 0 atom stereocenters. The van der Waals surface area contributed by atoms with Crippen molar-refractivity contribution in [2.45, 2.75) is 6.92 Å². The van der Waals surface area contributed by atoms with E-state index in [9.17, 15) is 24.1 Å². The lowest BCUT2D eigenvalue weighted by Gasteiger charge is -2.06. The highest BCUT2D eigenvalue weighted by Gasteiger charge is 2.25. The predicted molar refractivity (Wildman–Crippen MR) is 65.5 cm³/mol. The fourth-order valence-electron chi connectivity index (χ4n) is 1.94. The number of aryl methyl sites for hydroxylation is 1. The molecule has 0 saturated heterocycles. The number of benzene rings is 1. The Morgan fingerprint density at radius 1 is 1.40 bits per heavy atom. The van der Waals surface area contributed by atoms with Gasteiger partial charge in [0.05, 0.1) is 10.4 Å². The summed E-state index contributed by atoms with van der Waals surface area (Å²) < 4.78 is 12.6. The molecule has 1 heterocycles. The van der Waals surface area contributed by atoms with E-state index in [2.05, 4.69) is 4.98 Å². The molecule has 0 spiro atoms. The lowest BCUT2D eigenvalue weighted by Crippen LogP contribution is -2.06. The largest absolute Gasteiger partial charge is 0.477 e. The summed E-state index contributed by atoms with van der Waals surface area (Å²) in [5.74, 6) is -1.50. The highest BCUT2D eigenvalue weighted by atomic mass is 19.1. The first-order chi connectivity index (χ1) is 9.32. The minimum absolute atomic E-state index is 0.00833. The topological polar surface area (TPSA) is 110 Å². The molecule has 0 saturated carbocycles. The lowest BCUT2D eigenvalue weighted by molar-refractivity contribution is -0.385. The first-order valence-corrected chi connectivity index (χ1v) is 5.34. The van der Waals surface area contributed by atoms with Crippen LogP contribution in [0.2, 0.25) is 0 Å². The van der Waals surface area contributed by atoms with Crippen LogP contribution in [0.3, 0.4) is 0 Å². The number of hydrogen-bond acceptors (Lipinski definition) is 5. The summed E-state index contributed by atoms with van der Waals surface area (Å²) in [6.07, 6.45) is 0. The van der Waals surface area contributed by atoms with Crippen LogP contribution in [0.15, 0.2) is 18.2 Å². The van der Waals surface area contributed by atoms with Crippen LogP contribution in [0.5, 0.6) is 0 Å². The summed E-state index contributed by atoms with van der Waals surface area (Å²) in [7, 11) is 0. The number of aromatic carboxylic acids is 1. The van der Waals surface area contributed by atoms with Gasteiger partial charge in [0, 0.05) is 10.9 Å². The molecule has 2 aromatic rings. The predicted octanol–water partition coefficient (Wildman–Crippen LogP) is 2.26. The van der Waals surface area contributed by atoms with Gasteiger partial charge < -0.3 is 5.11 Å². The van der Waals surface area contributed by atoms with E-state index in [1.54, 1.807) is 0 Å². The Hall–Kier alpha value is -2.90. The number of halogens is 1. The summed E-state index contributed by atoms with van der Waals surface area (Å²) in [6, 6.07) is 1.57. The second-order valence-electron chi connectivity index (χ2n) is 4.00. The third-order valence-corrected chi connectivity index (χ3v) is 2.83. The van der Waals surface area contributed by atoms with Crippen LogP contribution in [0.1, 0.15) is 26.4 Å². The minimum atomic E-state index is -1.76. The van der Waals surface area contributed by atoms with E-state index in [0.29, 0.717) is 0 Å². The molecule has 8 heteroatoms. The smallest absolute Gasteiger partial charge is 0.350 e. The van der Waals surface area contributed by atoms with Gasteiger partial charge in [-0.2, -0.15) is 4.39 Å². The Labute approximate surface area is 110 Å². The van der Waals surface area contributed by atoms with Crippen LogP contribution in [-0.4, -0.2) is 27.0 Å². The van der Waals surface area contributed by atoms with Crippen molar-refractivity contribution in [1.82, 2.24) is 4.98 Å². The zero-order valence-corrected chi connectivity index (χ0v) is 10.1. The number of nitrogens with zero attached hydrogens (tertiary/aromatic N) is 2. The molecule has 1 aromatic carbocycles. The molecule has 1 aromatic heterocycles. The van der Waals surface area contributed by atoms with Gasteiger partial charge in [0.1, 0.15) is 11.3 Å². The molecular weight excluding hydrogens is 271 g/mol. The van der Waals surface area contributed by atoms with Crippen molar-refractivity contribution in [3.8, 4) is 0 Å². The van der Waals surface area contributed by atoms with E-state index in [4.69, 9.17) is 5.11 Å². The van der Waals surface area contributed by atoms with Crippen LogP contribution >= 0.6 is 0 Å². The third kappa shape index (κ3) is 2.07. The third-order valence-electron chi connectivity index (χ3n) is 2.83. The standard InChI is InChI=1S/C12H7FN2O5/c1-5-6-2-3-8(11(13)16)14-9(6)4-7(12(17)18)10(5)15(19)20/h2-4H,1H3,(H,17,18). The maximum Gasteiger partial charge on any atom is 0.350 e. The Morgan fingerprint density at radius 2 is 2.05 bits per heavy atom. The summed E-state index contributed by atoms with van der Waals surface area (Å²) in [6.45, 7) is 1.37. The van der Waals surface area contributed by atoms with Crippen molar-refractivity contribution in [3.63, 3.8) is 0 Å². The van der Waals surface area contributed by atoms with Gasteiger partial charge in [0.25, 0.3) is 5.69 Å². The van der Waals surface area contributed by atoms with E-state index in [1.807, 2.05) is 0 Å². The van der Waals surface area contributed by atoms with Gasteiger partial charge in [0.15, 0.2) is 0 Å². The zero-order valence-electron chi connectivity index (χ0n) is 10.1. The van der Waals surface area contributed by atoms with Gasteiger partial charge in [0.2, 0.25) is 0 Å². The van der Waals surface area contributed by atoms with Crippen LogP contribution in [0, 0.1) is 17.0 Å². The Kier molecular flexibility index (Phi) is 3.15. The second-order valence-corrected chi connectivity index (χ2v) is 4.00. The summed E-state index contributed by atoms with van der Waals surface area (Å²) in [4.78, 5) is 35.5. The molecule has 0 amide bonds. The van der Waals surface area contributed by atoms with E-state index in [0.717, 1.165) is 12.1 Å². The molecular formula is C12H7FN2O5. The Balaban J connectivity index is 2.89. The quantitative estimate of drug-likeness (QED) is 0.523. The average molecular weight is 278 g/mol. The fourth-order valence-corrected chi connectivity index (χ4v) is 1.94. The van der Waals surface area contributed by atoms with Gasteiger partial charge in [-0.25, -0.2) is 9.78 Å². The number of aromatic nitrogens is 1. The normalized spacial score (nSPS) is 10.5. The number of hydrogen-bond donors (Lipinski definition) is 1. The molecule has 102 valence electrons. The number of nitro groups is 1. The number of carbonyl (C=O) groups is 2. The number of carbonyl (C=O) groups excluding carboxylic acids is 1. The number of fused-ring (bicyclic) bond motifs is 1. The Bertz CT molecular complexity index is 772. The number of carboxylic acid groups (broad SMARTS) is 1. The van der Waals surface area contributed by atoms with Crippen molar-refractivity contribution < 1.29 is 24.0 Å². The second kappa shape index (κ2) is 4.65. The van der Waals surface area contributed by atoms with Crippen LogP contribution in [0.25, 0.3) is 10.9 Å². The number of pyridine rings is 1. The molecule has 20 heavy (non-hydrogen) atoms. The highest BCUT2D eigenvalue weighted by molar-refractivity contribution is 6.01. The van der Waals surface area contributed by atoms with Crippen molar-refractivity contribution in [2.24, 2.45) is 0 Å². The molecule has 0 aliphatic carbocycles. The summed E-state index contributed by atoms with van der Waals surface area (Å²) in [5.41, 5.74) is -1.49. The van der Waals surface area contributed by atoms with Crippen LogP contribution in [-0.2, 0) is 0 Å². The maximum absolute atomic E-state index is 12.6. The van der Waals surface area contributed by atoms with Crippen molar-refractivity contribution in [3.05, 3.63) is 45.1 Å². The molecule has 1 N–H and O–H groups in total. The molecule has 2 rings (SSSR count). The Morgan fingerprint density at radius 3 is 2.55 bits per heavy atom. The molecule has 0 aliphatic rings. The van der Waals surface area contributed by atoms with Gasteiger partial charge in [-0.05, 0) is 25.1 Å². The van der Waals surface area contributed by atoms with E-state index >= 15 is 0 Å². The summed E-state index contributed by atoms with van der Waals surface area (Å²) in [5, 5.41) is 20.3. The fraction of sp³-hybridized carbons (Fsp3) is 0.0833. The van der Waals surface area contributed by atoms with Gasteiger partial charge in [-0.15, -0.1) is 0 Å². The van der Waals surface area contributed by atoms with Crippen molar-refractivity contribution in [2.75, 3.05) is 0 Å².